The summed E-state index contributed by atoms with van der Waals surface area (Å²) in [6, 6.07) is 4.05. The molecule has 0 bridgehead atoms. The highest BCUT2D eigenvalue weighted by Gasteiger charge is 2.33. The second-order valence-electron chi connectivity index (χ2n) is 5.77. The Balaban J connectivity index is 2.57. The molecule has 0 aromatic heterocycles. The highest BCUT2D eigenvalue weighted by molar-refractivity contribution is 5.77. The minimum absolute atomic E-state index is 0.389. The molecule has 1 aliphatic rings. The van der Waals surface area contributed by atoms with Crippen LogP contribution in [0.25, 0.3) is 0 Å². The fourth-order valence-corrected chi connectivity index (χ4v) is 3.18. The Bertz CT molecular complexity index is 491. The summed E-state index contributed by atoms with van der Waals surface area (Å²) in [6.45, 7) is 6.42. The van der Waals surface area contributed by atoms with Crippen molar-refractivity contribution in [2.75, 3.05) is 7.11 Å². The van der Waals surface area contributed by atoms with E-state index in [-0.39, 0.29) is 5.92 Å². The first-order valence-electron chi connectivity index (χ1n) is 6.87. The van der Waals surface area contributed by atoms with Crippen molar-refractivity contribution in [3.8, 4) is 5.75 Å². The van der Waals surface area contributed by atoms with Crippen molar-refractivity contribution >= 4 is 5.97 Å². The van der Waals surface area contributed by atoms with Gasteiger partial charge in [-0.2, -0.15) is 0 Å². The van der Waals surface area contributed by atoms with Gasteiger partial charge in [-0.1, -0.05) is 19.9 Å². The normalized spacial score (nSPS) is 22.2. The predicted molar refractivity (Wildman–Crippen MR) is 74.9 cm³/mol. The molecule has 1 aromatic carbocycles. The summed E-state index contributed by atoms with van der Waals surface area (Å²) >= 11 is 0. The van der Waals surface area contributed by atoms with E-state index < -0.39 is 5.97 Å². The topological polar surface area (TPSA) is 46.5 Å². The zero-order chi connectivity index (χ0) is 14.2. The van der Waals surface area contributed by atoms with Crippen LogP contribution in [0.1, 0.15) is 55.2 Å². The van der Waals surface area contributed by atoms with Crippen molar-refractivity contribution in [1.82, 2.24) is 0 Å². The summed E-state index contributed by atoms with van der Waals surface area (Å²) in [5.41, 5.74) is 3.23. The lowest BCUT2D eigenvalue weighted by Gasteiger charge is -2.32. The lowest BCUT2D eigenvalue weighted by molar-refractivity contribution is -0.139. The summed E-state index contributed by atoms with van der Waals surface area (Å²) in [7, 11) is 1.63. The van der Waals surface area contributed by atoms with Gasteiger partial charge in [0.05, 0.1) is 13.0 Å². The summed E-state index contributed by atoms with van der Waals surface area (Å²) in [5, 5.41) is 9.40. The van der Waals surface area contributed by atoms with Crippen molar-refractivity contribution < 1.29 is 14.6 Å². The first-order valence-corrected chi connectivity index (χ1v) is 6.87. The smallest absolute Gasteiger partial charge is 0.310 e. The van der Waals surface area contributed by atoms with Gasteiger partial charge in [0.15, 0.2) is 0 Å². The molecule has 0 heterocycles. The van der Waals surface area contributed by atoms with Crippen LogP contribution in [0.3, 0.4) is 0 Å². The average molecular weight is 262 g/mol. The van der Waals surface area contributed by atoms with Crippen molar-refractivity contribution in [2.24, 2.45) is 5.92 Å². The number of methoxy groups -OCH3 is 1. The molecule has 0 unspecified atom stereocenters. The van der Waals surface area contributed by atoms with Gasteiger partial charge in [-0.25, -0.2) is 0 Å². The summed E-state index contributed by atoms with van der Waals surface area (Å²) in [5.74, 6) is 0.653. The Morgan fingerprint density at radius 1 is 1.32 bits per heavy atom. The third kappa shape index (κ3) is 2.46. The Hall–Kier alpha value is -1.51. The largest absolute Gasteiger partial charge is 0.496 e. The highest BCUT2D eigenvalue weighted by atomic mass is 16.5. The highest BCUT2D eigenvalue weighted by Crippen LogP contribution is 2.44. The van der Waals surface area contributed by atoms with Gasteiger partial charge in [0.2, 0.25) is 0 Å². The number of aliphatic carboxylic acids is 1. The van der Waals surface area contributed by atoms with Gasteiger partial charge < -0.3 is 9.84 Å². The Morgan fingerprint density at radius 2 is 2.00 bits per heavy atom. The molecule has 3 heteroatoms. The number of carboxylic acid groups (broad SMARTS) is 1. The van der Waals surface area contributed by atoms with Gasteiger partial charge in [-0.15, -0.1) is 0 Å². The van der Waals surface area contributed by atoms with Crippen LogP contribution in [0.4, 0.5) is 0 Å². The van der Waals surface area contributed by atoms with E-state index >= 15 is 0 Å². The lowest BCUT2D eigenvalue weighted by Crippen LogP contribution is -2.23. The zero-order valence-corrected chi connectivity index (χ0v) is 12.1. The number of hydrogen-bond donors (Lipinski definition) is 1. The maximum atomic E-state index is 11.4. The van der Waals surface area contributed by atoms with Crippen molar-refractivity contribution in [3.63, 3.8) is 0 Å². The van der Waals surface area contributed by atoms with Gasteiger partial charge in [-0.05, 0) is 54.4 Å². The van der Waals surface area contributed by atoms with E-state index in [1.807, 2.05) is 13.0 Å². The molecule has 1 aliphatic carbocycles. The van der Waals surface area contributed by atoms with Crippen LogP contribution in [-0.2, 0) is 4.79 Å². The average Bonchev–Trinajstić information content (AvgIpc) is 2.35. The second-order valence-corrected chi connectivity index (χ2v) is 5.77. The van der Waals surface area contributed by atoms with E-state index in [1.54, 1.807) is 7.11 Å². The summed E-state index contributed by atoms with van der Waals surface area (Å²) in [4.78, 5) is 11.4. The van der Waals surface area contributed by atoms with Gasteiger partial charge in [0.25, 0.3) is 0 Å². The van der Waals surface area contributed by atoms with Crippen LogP contribution in [0.5, 0.6) is 5.75 Å². The molecule has 104 valence electrons. The third-order valence-corrected chi connectivity index (χ3v) is 4.24. The van der Waals surface area contributed by atoms with Gasteiger partial charge >= 0.3 is 5.97 Å². The summed E-state index contributed by atoms with van der Waals surface area (Å²) in [6.07, 6.45) is 1.67. The van der Waals surface area contributed by atoms with E-state index in [1.165, 1.54) is 5.56 Å². The maximum absolute atomic E-state index is 11.4. The number of carbonyl (C=O) groups is 1. The molecule has 1 N–H and O–H groups in total. The van der Waals surface area contributed by atoms with Crippen molar-refractivity contribution in [1.29, 1.82) is 0 Å². The number of benzene rings is 1. The predicted octanol–water partition coefficient (Wildman–Crippen LogP) is 3.71. The number of hydrogen-bond acceptors (Lipinski definition) is 2. The van der Waals surface area contributed by atoms with E-state index in [9.17, 15) is 9.90 Å². The molecule has 0 radical (unpaired) electrons. The molecule has 2 atom stereocenters. The minimum atomic E-state index is -0.727. The molecule has 3 nitrogen and oxygen atoms in total. The zero-order valence-electron chi connectivity index (χ0n) is 12.1. The third-order valence-electron chi connectivity index (χ3n) is 4.24. The number of ether oxygens (including phenoxy) is 1. The molecule has 0 saturated heterocycles. The first-order chi connectivity index (χ1) is 8.95. The van der Waals surface area contributed by atoms with E-state index in [0.29, 0.717) is 11.8 Å². The van der Waals surface area contributed by atoms with E-state index in [4.69, 9.17) is 4.74 Å². The van der Waals surface area contributed by atoms with Crippen LogP contribution in [0.15, 0.2) is 12.1 Å². The fourth-order valence-electron chi connectivity index (χ4n) is 3.18. The molecule has 19 heavy (non-hydrogen) atoms. The number of rotatable bonds is 3. The van der Waals surface area contributed by atoms with Gasteiger partial charge in [0, 0.05) is 0 Å². The van der Waals surface area contributed by atoms with E-state index in [2.05, 4.69) is 19.9 Å². The molecule has 2 rings (SSSR count). The Labute approximate surface area is 114 Å². The standard InChI is InChI=1S/C16H22O3/c1-9(2)11-5-6-12(16(17)18)14-8-15(19-4)10(3)7-13(11)14/h7-9,11-12H,5-6H2,1-4H3,(H,17,18)/t11-,12-/m0/s1. The fraction of sp³-hybridized carbons (Fsp3) is 0.562. The number of fused-ring (bicyclic) bond motifs is 1. The van der Waals surface area contributed by atoms with Crippen molar-refractivity contribution in [3.05, 3.63) is 28.8 Å². The molecule has 0 amide bonds. The number of aryl methyl sites for hydroxylation is 1. The SMILES string of the molecule is COc1cc2c(cc1C)[C@H](C(C)C)CC[C@@H]2C(=O)O. The van der Waals surface area contributed by atoms with Crippen molar-refractivity contribution in [2.45, 2.75) is 45.4 Å². The van der Waals surface area contributed by atoms with E-state index in [0.717, 1.165) is 29.7 Å². The minimum Gasteiger partial charge on any atom is -0.496 e. The van der Waals surface area contributed by atoms with Crippen LogP contribution in [0.2, 0.25) is 0 Å². The molecule has 0 aliphatic heterocycles. The summed E-state index contributed by atoms with van der Waals surface area (Å²) < 4.78 is 5.34. The van der Waals surface area contributed by atoms with Crippen LogP contribution < -0.4 is 4.74 Å². The Kier molecular flexibility index (Phi) is 3.83. The molecule has 0 fully saturated rings. The maximum Gasteiger partial charge on any atom is 0.310 e. The second kappa shape index (κ2) is 5.24. The molecular weight excluding hydrogens is 240 g/mol. The first kappa shape index (κ1) is 13.9. The van der Waals surface area contributed by atoms with Gasteiger partial charge in [-0.3, -0.25) is 4.79 Å². The van der Waals surface area contributed by atoms with Crippen LogP contribution >= 0.6 is 0 Å². The number of carboxylic acids is 1. The molecule has 0 spiro atoms. The lowest BCUT2D eigenvalue weighted by atomic mass is 9.72. The van der Waals surface area contributed by atoms with Gasteiger partial charge in [0.1, 0.15) is 5.75 Å². The monoisotopic (exact) mass is 262 g/mol. The van der Waals surface area contributed by atoms with Crippen LogP contribution in [-0.4, -0.2) is 18.2 Å². The molecular formula is C16H22O3. The van der Waals surface area contributed by atoms with Crippen LogP contribution in [0, 0.1) is 12.8 Å². The Morgan fingerprint density at radius 3 is 2.53 bits per heavy atom. The molecule has 0 saturated carbocycles. The molecule has 1 aromatic rings. The quantitative estimate of drug-likeness (QED) is 0.903.